The Morgan fingerprint density at radius 1 is 1.21 bits per heavy atom. The minimum absolute atomic E-state index is 0.0117. The number of hydrogen-bond donors (Lipinski definition) is 2. The van der Waals surface area contributed by atoms with E-state index in [4.69, 9.17) is 4.74 Å². The second kappa shape index (κ2) is 9.23. The van der Waals surface area contributed by atoms with Crippen LogP contribution in [0.4, 0.5) is 5.69 Å². The normalized spacial score (nSPS) is 9.92. The van der Waals surface area contributed by atoms with Gasteiger partial charge in [0.2, 0.25) is 5.91 Å². The van der Waals surface area contributed by atoms with Crippen molar-refractivity contribution in [3.63, 3.8) is 0 Å². The van der Waals surface area contributed by atoms with E-state index >= 15 is 0 Å². The highest BCUT2D eigenvalue weighted by molar-refractivity contribution is 5.94. The number of ether oxygens (including phenoxy) is 1. The van der Waals surface area contributed by atoms with E-state index in [0.29, 0.717) is 6.54 Å². The molecule has 0 aliphatic rings. The third-order valence-electron chi connectivity index (χ3n) is 3.07. The molecular formula is C15H19N3O6. The smallest absolute Gasteiger partial charge is 0.339 e. The molecule has 2 amide bonds. The van der Waals surface area contributed by atoms with Crippen LogP contribution in [0.2, 0.25) is 0 Å². The molecule has 130 valence electrons. The molecule has 0 spiro atoms. The first-order chi connectivity index (χ1) is 11.4. The van der Waals surface area contributed by atoms with Crippen molar-refractivity contribution in [2.24, 2.45) is 0 Å². The summed E-state index contributed by atoms with van der Waals surface area (Å²) >= 11 is 0. The molecule has 1 aromatic carbocycles. The lowest BCUT2D eigenvalue weighted by Crippen LogP contribution is -2.38. The molecule has 0 unspecified atom stereocenters. The number of carbonyl (C=O) groups excluding carboxylic acids is 3. The number of esters is 1. The van der Waals surface area contributed by atoms with Gasteiger partial charge in [0.05, 0.1) is 17.0 Å². The van der Waals surface area contributed by atoms with Crippen molar-refractivity contribution in [2.45, 2.75) is 20.3 Å². The van der Waals surface area contributed by atoms with Crippen LogP contribution in [0.1, 0.15) is 29.3 Å². The highest BCUT2D eigenvalue weighted by Gasteiger charge is 2.19. The number of hydrogen-bond acceptors (Lipinski definition) is 6. The number of carbonyl (C=O) groups is 3. The van der Waals surface area contributed by atoms with Gasteiger partial charge >= 0.3 is 5.97 Å². The van der Waals surface area contributed by atoms with Gasteiger partial charge in [0, 0.05) is 18.2 Å². The van der Waals surface area contributed by atoms with Crippen LogP contribution < -0.4 is 10.6 Å². The van der Waals surface area contributed by atoms with Crippen molar-refractivity contribution < 1.29 is 24.0 Å². The number of rotatable bonds is 8. The SMILES string of the molecule is CCCNC(=O)CNC(=O)COC(=O)c1cccc([N+](=O)[O-])c1C. The third-order valence-corrected chi connectivity index (χ3v) is 3.07. The summed E-state index contributed by atoms with van der Waals surface area (Å²) in [6.45, 7) is 3.03. The lowest BCUT2D eigenvalue weighted by atomic mass is 10.1. The number of nitrogens with one attached hydrogen (secondary N) is 2. The number of nitro benzene ring substituents is 1. The number of nitro groups is 1. The maximum Gasteiger partial charge on any atom is 0.339 e. The fourth-order valence-electron chi connectivity index (χ4n) is 1.81. The molecule has 2 N–H and O–H groups in total. The fourth-order valence-corrected chi connectivity index (χ4v) is 1.81. The molecular weight excluding hydrogens is 318 g/mol. The zero-order chi connectivity index (χ0) is 18.1. The van der Waals surface area contributed by atoms with Crippen LogP contribution in [0.3, 0.4) is 0 Å². The van der Waals surface area contributed by atoms with Gasteiger partial charge in [0.25, 0.3) is 11.6 Å². The Bertz CT molecular complexity index is 644. The van der Waals surface area contributed by atoms with Crippen LogP contribution in [0.25, 0.3) is 0 Å². The van der Waals surface area contributed by atoms with Crippen LogP contribution in [0.5, 0.6) is 0 Å². The van der Waals surface area contributed by atoms with Crippen molar-refractivity contribution >= 4 is 23.5 Å². The fraction of sp³-hybridized carbons (Fsp3) is 0.400. The molecule has 0 heterocycles. The summed E-state index contributed by atoms with van der Waals surface area (Å²) in [6, 6.07) is 4.01. The first-order valence-corrected chi connectivity index (χ1v) is 7.31. The van der Waals surface area contributed by atoms with E-state index < -0.39 is 23.4 Å². The molecule has 0 aliphatic heterocycles. The van der Waals surface area contributed by atoms with Gasteiger partial charge in [-0.3, -0.25) is 19.7 Å². The second-order valence-electron chi connectivity index (χ2n) is 4.91. The van der Waals surface area contributed by atoms with E-state index in [-0.39, 0.29) is 29.3 Å². The van der Waals surface area contributed by atoms with Crippen LogP contribution in [-0.4, -0.2) is 42.4 Å². The summed E-state index contributed by atoms with van der Waals surface area (Å²) in [6.07, 6.45) is 0.778. The van der Waals surface area contributed by atoms with Crippen LogP contribution in [0, 0.1) is 17.0 Å². The molecule has 0 atom stereocenters. The minimum atomic E-state index is -0.846. The van der Waals surface area contributed by atoms with Gasteiger partial charge in [0.1, 0.15) is 0 Å². The average molecular weight is 337 g/mol. The van der Waals surface area contributed by atoms with E-state index in [1.807, 2.05) is 6.92 Å². The predicted molar refractivity (Wildman–Crippen MR) is 84.4 cm³/mol. The van der Waals surface area contributed by atoms with Gasteiger partial charge in [-0.15, -0.1) is 0 Å². The Balaban J connectivity index is 2.52. The number of nitrogens with zero attached hydrogens (tertiary/aromatic N) is 1. The molecule has 0 aromatic heterocycles. The Hall–Kier alpha value is -2.97. The highest BCUT2D eigenvalue weighted by Crippen LogP contribution is 2.21. The maximum absolute atomic E-state index is 11.9. The zero-order valence-corrected chi connectivity index (χ0v) is 13.5. The van der Waals surface area contributed by atoms with Crippen molar-refractivity contribution in [1.82, 2.24) is 10.6 Å². The number of benzene rings is 1. The highest BCUT2D eigenvalue weighted by atomic mass is 16.6. The molecule has 0 fully saturated rings. The van der Waals surface area contributed by atoms with Gasteiger partial charge < -0.3 is 15.4 Å². The topological polar surface area (TPSA) is 128 Å². The largest absolute Gasteiger partial charge is 0.452 e. The van der Waals surface area contributed by atoms with Crippen LogP contribution in [-0.2, 0) is 14.3 Å². The molecule has 0 saturated heterocycles. The van der Waals surface area contributed by atoms with Gasteiger partial charge in [-0.05, 0) is 19.4 Å². The van der Waals surface area contributed by atoms with Crippen molar-refractivity contribution in [2.75, 3.05) is 19.7 Å². The molecule has 1 rings (SSSR count). The molecule has 0 aliphatic carbocycles. The van der Waals surface area contributed by atoms with E-state index in [9.17, 15) is 24.5 Å². The molecule has 1 aromatic rings. The Morgan fingerprint density at radius 2 is 1.92 bits per heavy atom. The van der Waals surface area contributed by atoms with Gasteiger partial charge in [-0.1, -0.05) is 13.0 Å². The lowest BCUT2D eigenvalue weighted by molar-refractivity contribution is -0.385. The molecule has 0 radical (unpaired) electrons. The Morgan fingerprint density at radius 3 is 2.54 bits per heavy atom. The van der Waals surface area contributed by atoms with Crippen molar-refractivity contribution in [3.05, 3.63) is 39.4 Å². The summed E-state index contributed by atoms with van der Waals surface area (Å²) in [5.74, 6) is -1.83. The van der Waals surface area contributed by atoms with E-state index in [0.717, 1.165) is 6.42 Å². The minimum Gasteiger partial charge on any atom is -0.452 e. The summed E-state index contributed by atoms with van der Waals surface area (Å²) in [5.41, 5.74) is -0.0361. The molecule has 9 heteroatoms. The Kier molecular flexibility index (Phi) is 7.34. The molecule has 0 saturated carbocycles. The Labute approximate surface area is 138 Å². The second-order valence-corrected chi connectivity index (χ2v) is 4.91. The standard InChI is InChI=1S/C15H19N3O6/c1-3-7-16-13(19)8-17-14(20)9-24-15(21)11-5-4-6-12(10(11)2)18(22)23/h4-6H,3,7-9H2,1-2H3,(H,16,19)(H,17,20). The molecule has 0 bridgehead atoms. The summed E-state index contributed by atoms with van der Waals surface area (Å²) < 4.78 is 4.81. The zero-order valence-electron chi connectivity index (χ0n) is 13.5. The average Bonchev–Trinajstić information content (AvgIpc) is 2.55. The first-order valence-electron chi connectivity index (χ1n) is 7.31. The summed E-state index contributed by atoms with van der Waals surface area (Å²) in [5, 5.41) is 15.7. The maximum atomic E-state index is 11.9. The first kappa shape index (κ1) is 19.1. The molecule has 24 heavy (non-hydrogen) atoms. The van der Waals surface area contributed by atoms with E-state index in [2.05, 4.69) is 10.6 Å². The predicted octanol–water partition coefficient (Wildman–Crippen LogP) is 0.702. The number of amides is 2. The van der Waals surface area contributed by atoms with Gasteiger partial charge in [-0.2, -0.15) is 0 Å². The van der Waals surface area contributed by atoms with E-state index in [1.165, 1.54) is 25.1 Å². The lowest BCUT2D eigenvalue weighted by Gasteiger charge is -2.08. The van der Waals surface area contributed by atoms with Crippen LogP contribution in [0.15, 0.2) is 18.2 Å². The monoisotopic (exact) mass is 337 g/mol. The van der Waals surface area contributed by atoms with Crippen molar-refractivity contribution in [3.8, 4) is 0 Å². The third kappa shape index (κ3) is 5.67. The van der Waals surface area contributed by atoms with Crippen molar-refractivity contribution in [1.29, 1.82) is 0 Å². The summed E-state index contributed by atoms with van der Waals surface area (Å²) in [7, 11) is 0. The van der Waals surface area contributed by atoms with E-state index in [1.54, 1.807) is 0 Å². The van der Waals surface area contributed by atoms with Gasteiger partial charge in [-0.25, -0.2) is 4.79 Å². The quantitative estimate of drug-likeness (QED) is 0.408. The summed E-state index contributed by atoms with van der Waals surface area (Å²) in [4.78, 5) is 45.0. The van der Waals surface area contributed by atoms with Gasteiger partial charge in [0.15, 0.2) is 6.61 Å². The van der Waals surface area contributed by atoms with Crippen LogP contribution >= 0.6 is 0 Å². The molecule has 9 nitrogen and oxygen atoms in total.